The average Bonchev–Trinajstić information content (AvgIpc) is 3.15. The van der Waals surface area contributed by atoms with Gasteiger partial charge in [0.1, 0.15) is 5.75 Å². The molecule has 1 fully saturated rings. The third-order valence-corrected chi connectivity index (χ3v) is 4.59. The number of nitrogens with zero attached hydrogens (tertiary/aromatic N) is 1. The summed E-state index contributed by atoms with van der Waals surface area (Å²) in [5, 5.41) is 3.97. The van der Waals surface area contributed by atoms with Gasteiger partial charge in [0, 0.05) is 17.3 Å². The van der Waals surface area contributed by atoms with E-state index in [0.717, 1.165) is 29.4 Å². The molecule has 3 aromatic rings. The van der Waals surface area contributed by atoms with E-state index in [0.29, 0.717) is 11.3 Å². The summed E-state index contributed by atoms with van der Waals surface area (Å²) in [6, 6.07) is 17.0. The minimum absolute atomic E-state index is 0.156. The number of pyridine rings is 1. The Labute approximate surface area is 146 Å². The molecule has 0 spiro atoms. The summed E-state index contributed by atoms with van der Waals surface area (Å²) >= 11 is 0. The summed E-state index contributed by atoms with van der Waals surface area (Å²) in [6.07, 6.45) is 6.51. The number of carbonyl (C=O) groups is 1. The highest BCUT2D eigenvalue weighted by Crippen LogP contribution is 2.27. The second-order valence-corrected chi connectivity index (χ2v) is 6.39. The zero-order valence-corrected chi connectivity index (χ0v) is 13.9. The van der Waals surface area contributed by atoms with Crippen LogP contribution in [-0.4, -0.2) is 17.0 Å². The number of hydrogen-bond donors (Lipinski definition) is 1. The van der Waals surface area contributed by atoms with Crippen LogP contribution >= 0.6 is 0 Å². The number of para-hydroxylation sites is 1. The number of amides is 1. The van der Waals surface area contributed by atoms with Gasteiger partial charge >= 0.3 is 0 Å². The fourth-order valence-corrected chi connectivity index (χ4v) is 3.29. The smallest absolute Gasteiger partial charge is 0.259 e. The zero-order chi connectivity index (χ0) is 17.1. The van der Waals surface area contributed by atoms with E-state index in [2.05, 4.69) is 10.3 Å². The molecule has 4 rings (SSSR count). The molecule has 0 saturated heterocycles. The highest BCUT2D eigenvalue weighted by atomic mass is 16.5. The van der Waals surface area contributed by atoms with Gasteiger partial charge < -0.3 is 10.1 Å². The molecule has 0 atom stereocenters. The quantitative estimate of drug-likeness (QED) is 0.746. The summed E-state index contributed by atoms with van der Waals surface area (Å²) < 4.78 is 6.06. The molecule has 0 radical (unpaired) electrons. The normalized spacial score (nSPS) is 14.6. The Morgan fingerprint density at radius 1 is 1.04 bits per heavy atom. The van der Waals surface area contributed by atoms with Gasteiger partial charge in [-0.3, -0.25) is 9.78 Å². The lowest BCUT2D eigenvalue weighted by Gasteiger charge is -2.16. The van der Waals surface area contributed by atoms with Crippen LogP contribution in [0.3, 0.4) is 0 Å². The predicted octanol–water partition coefficient (Wildman–Crippen LogP) is 4.81. The first-order chi connectivity index (χ1) is 12.3. The van der Waals surface area contributed by atoms with Crippen molar-refractivity contribution in [1.29, 1.82) is 0 Å². The third kappa shape index (κ3) is 3.48. The maximum atomic E-state index is 12.7. The van der Waals surface area contributed by atoms with E-state index in [4.69, 9.17) is 4.74 Å². The number of hydrogen-bond acceptors (Lipinski definition) is 3. The molecule has 0 unspecified atom stereocenters. The minimum atomic E-state index is -0.156. The summed E-state index contributed by atoms with van der Waals surface area (Å²) in [7, 11) is 0. The minimum Gasteiger partial charge on any atom is -0.490 e. The molecule has 4 nitrogen and oxygen atoms in total. The van der Waals surface area contributed by atoms with Crippen molar-refractivity contribution in [2.45, 2.75) is 31.8 Å². The molecule has 1 amide bonds. The van der Waals surface area contributed by atoms with Crippen molar-refractivity contribution in [3.05, 3.63) is 66.4 Å². The number of anilines is 1. The molecular weight excluding hydrogens is 312 g/mol. The standard InChI is InChI=1S/C21H20N2O2/c24-21(23-16-11-12-19-15(14-16)6-5-13-22-19)18-9-3-4-10-20(18)25-17-7-1-2-8-17/h3-6,9-14,17H,1-2,7-8H2,(H,23,24). The van der Waals surface area contributed by atoms with Gasteiger partial charge in [-0.15, -0.1) is 0 Å². The molecule has 1 saturated carbocycles. The first-order valence-corrected chi connectivity index (χ1v) is 8.71. The molecule has 2 aromatic carbocycles. The Morgan fingerprint density at radius 3 is 2.76 bits per heavy atom. The third-order valence-electron chi connectivity index (χ3n) is 4.59. The SMILES string of the molecule is O=C(Nc1ccc2ncccc2c1)c1ccccc1OC1CCCC1. The fourth-order valence-electron chi connectivity index (χ4n) is 3.29. The van der Waals surface area contributed by atoms with Crippen molar-refractivity contribution >= 4 is 22.5 Å². The molecule has 1 aliphatic rings. The number of ether oxygens (including phenoxy) is 1. The molecule has 0 aliphatic heterocycles. The first kappa shape index (κ1) is 15.6. The van der Waals surface area contributed by atoms with E-state index >= 15 is 0 Å². The number of aromatic nitrogens is 1. The van der Waals surface area contributed by atoms with Gasteiger partial charge in [-0.2, -0.15) is 0 Å². The van der Waals surface area contributed by atoms with Gasteiger partial charge in [-0.05, 0) is 62.1 Å². The molecule has 126 valence electrons. The van der Waals surface area contributed by atoms with Gasteiger partial charge in [0.05, 0.1) is 17.2 Å². The van der Waals surface area contributed by atoms with Crippen LogP contribution in [-0.2, 0) is 0 Å². The summed E-state index contributed by atoms with van der Waals surface area (Å²) in [5.74, 6) is 0.506. The lowest BCUT2D eigenvalue weighted by molar-refractivity contribution is 0.101. The van der Waals surface area contributed by atoms with Crippen molar-refractivity contribution < 1.29 is 9.53 Å². The van der Waals surface area contributed by atoms with Crippen molar-refractivity contribution in [3.63, 3.8) is 0 Å². The molecular formula is C21H20N2O2. The molecule has 4 heteroatoms. The summed E-state index contributed by atoms with van der Waals surface area (Å²) in [6.45, 7) is 0. The number of fused-ring (bicyclic) bond motifs is 1. The summed E-state index contributed by atoms with van der Waals surface area (Å²) in [4.78, 5) is 17.0. The van der Waals surface area contributed by atoms with Crippen LogP contribution in [0.1, 0.15) is 36.0 Å². The molecule has 1 heterocycles. The second-order valence-electron chi connectivity index (χ2n) is 6.39. The van der Waals surface area contributed by atoms with Crippen LogP contribution < -0.4 is 10.1 Å². The van der Waals surface area contributed by atoms with Crippen molar-refractivity contribution in [3.8, 4) is 5.75 Å². The molecule has 1 aliphatic carbocycles. The predicted molar refractivity (Wildman–Crippen MR) is 99.0 cm³/mol. The van der Waals surface area contributed by atoms with Crippen LogP contribution in [0.15, 0.2) is 60.8 Å². The summed E-state index contributed by atoms with van der Waals surface area (Å²) in [5.41, 5.74) is 2.23. The van der Waals surface area contributed by atoms with Crippen LogP contribution in [0.2, 0.25) is 0 Å². The monoisotopic (exact) mass is 332 g/mol. The largest absolute Gasteiger partial charge is 0.490 e. The van der Waals surface area contributed by atoms with E-state index in [9.17, 15) is 4.79 Å². The van der Waals surface area contributed by atoms with E-state index in [1.807, 2.05) is 54.6 Å². The molecule has 1 N–H and O–H groups in total. The van der Waals surface area contributed by atoms with Crippen LogP contribution in [0.4, 0.5) is 5.69 Å². The first-order valence-electron chi connectivity index (χ1n) is 8.71. The van der Waals surface area contributed by atoms with E-state index in [-0.39, 0.29) is 12.0 Å². The Bertz CT molecular complexity index is 901. The number of rotatable bonds is 4. The lowest BCUT2D eigenvalue weighted by atomic mass is 10.1. The fraction of sp³-hybridized carbons (Fsp3) is 0.238. The van der Waals surface area contributed by atoms with E-state index < -0.39 is 0 Å². The van der Waals surface area contributed by atoms with Gasteiger partial charge in [-0.1, -0.05) is 18.2 Å². The van der Waals surface area contributed by atoms with Gasteiger partial charge in [0.2, 0.25) is 0 Å². The van der Waals surface area contributed by atoms with Crippen LogP contribution in [0.25, 0.3) is 10.9 Å². The Kier molecular flexibility index (Phi) is 4.34. The Morgan fingerprint density at radius 2 is 1.88 bits per heavy atom. The number of carbonyl (C=O) groups excluding carboxylic acids is 1. The van der Waals surface area contributed by atoms with Crippen LogP contribution in [0.5, 0.6) is 5.75 Å². The number of benzene rings is 2. The highest BCUT2D eigenvalue weighted by molar-refractivity contribution is 6.06. The Balaban J connectivity index is 1.55. The van der Waals surface area contributed by atoms with E-state index in [1.54, 1.807) is 6.20 Å². The van der Waals surface area contributed by atoms with Crippen LogP contribution in [0, 0.1) is 0 Å². The molecule has 25 heavy (non-hydrogen) atoms. The maximum Gasteiger partial charge on any atom is 0.259 e. The Hall–Kier alpha value is -2.88. The maximum absolute atomic E-state index is 12.7. The van der Waals surface area contributed by atoms with Crippen molar-refractivity contribution in [2.75, 3.05) is 5.32 Å². The van der Waals surface area contributed by atoms with Crippen molar-refractivity contribution in [2.24, 2.45) is 0 Å². The highest BCUT2D eigenvalue weighted by Gasteiger charge is 2.20. The number of nitrogens with one attached hydrogen (secondary N) is 1. The lowest BCUT2D eigenvalue weighted by Crippen LogP contribution is -2.17. The second kappa shape index (κ2) is 6.93. The molecule has 1 aromatic heterocycles. The topological polar surface area (TPSA) is 51.2 Å². The van der Waals surface area contributed by atoms with Gasteiger partial charge in [-0.25, -0.2) is 0 Å². The zero-order valence-electron chi connectivity index (χ0n) is 13.9. The average molecular weight is 332 g/mol. The van der Waals surface area contributed by atoms with Gasteiger partial charge in [0.15, 0.2) is 0 Å². The molecule has 0 bridgehead atoms. The van der Waals surface area contributed by atoms with Gasteiger partial charge in [0.25, 0.3) is 5.91 Å². The van der Waals surface area contributed by atoms with Crippen molar-refractivity contribution in [1.82, 2.24) is 4.98 Å². The van der Waals surface area contributed by atoms with E-state index in [1.165, 1.54) is 12.8 Å².